The molecule has 1 unspecified atom stereocenters. The Bertz CT molecular complexity index is 1400. The number of sulfonamides is 1. The van der Waals surface area contributed by atoms with Gasteiger partial charge < -0.3 is 10.1 Å². The molecular weight excluding hydrogens is 472 g/mol. The van der Waals surface area contributed by atoms with Crippen molar-refractivity contribution in [1.29, 1.82) is 0 Å². The Hall–Kier alpha value is -3.55. The predicted molar refractivity (Wildman–Crippen MR) is 136 cm³/mol. The highest BCUT2D eigenvalue weighted by Crippen LogP contribution is 2.27. The lowest BCUT2D eigenvalue weighted by molar-refractivity contribution is -0.122. The van der Waals surface area contributed by atoms with Crippen molar-refractivity contribution < 1.29 is 17.9 Å². The molecule has 0 aliphatic rings. The second-order valence-electron chi connectivity index (χ2n) is 7.62. The summed E-state index contributed by atoms with van der Waals surface area (Å²) in [5.41, 5.74) is 0.869. The molecule has 174 valence electrons. The largest absolute Gasteiger partial charge is 0.480 e. The third-order valence-corrected chi connectivity index (χ3v) is 6.86. The van der Waals surface area contributed by atoms with Crippen LogP contribution in [0.15, 0.2) is 95.9 Å². The van der Waals surface area contributed by atoms with Gasteiger partial charge in [0.25, 0.3) is 15.9 Å². The third-order valence-electron chi connectivity index (χ3n) is 5.21. The van der Waals surface area contributed by atoms with E-state index >= 15 is 0 Å². The molecule has 2 N–H and O–H groups in total. The average molecular weight is 495 g/mol. The lowest BCUT2D eigenvalue weighted by Crippen LogP contribution is -2.32. The van der Waals surface area contributed by atoms with Gasteiger partial charge in [-0.05, 0) is 66.4 Å². The van der Waals surface area contributed by atoms with Crippen LogP contribution in [0.4, 0.5) is 11.4 Å². The molecule has 0 saturated heterocycles. The van der Waals surface area contributed by atoms with Crippen molar-refractivity contribution in [3.8, 4) is 5.75 Å². The van der Waals surface area contributed by atoms with E-state index in [2.05, 4.69) is 10.0 Å². The van der Waals surface area contributed by atoms with Gasteiger partial charge in [0.05, 0.1) is 4.90 Å². The van der Waals surface area contributed by atoms with E-state index in [1.165, 1.54) is 12.1 Å². The number of benzene rings is 4. The highest BCUT2D eigenvalue weighted by Gasteiger charge is 2.20. The van der Waals surface area contributed by atoms with Crippen molar-refractivity contribution in [3.63, 3.8) is 0 Å². The fraction of sp³-hybridized carbons (Fsp3) is 0.115. The summed E-state index contributed by atoms with van der Waals surface area (Å²) in [7, 11) is -3.78. The Kier molecular flexibility index (Phi) is 7.05. The van der Waals surface area contributed by atoms with Crippen LogP contribution in [-0.4, -0.2) is 20.4 Å². The number of carbonyl (C=O) groups is 1. The molecule has 0 saturated carbocycles. The van der Waals surface area contributed by atoms with Crippen molar-refractivity contribution >= 4 is 49.7 Å². The van der Waals surface area contributed by atoms with Gasteiger partial charge in [-0.15, -0.1) is 0 Å². The Balaban J connectivity index is 1.44. The van der Waals surface area contributed by atoms with Gasteiger partial charge >= 0.3 is 0 Å². The first kappa shape index (κ1) is 23.6. The van der Waals surface area contributed by atoms with Gasteiger partial charge in [0.1, 0.15) is 5.75 Å². The molecular formula is C26H23ClN2O4S. The predicted octanol–water partition coefficient (Wildman–Crippen LogP) is 6.09. The fourth-order valence-electron chi connectivity index (χ4n) is 3.45. The van der Waals surface area contributed by atoms with Crippen molar-refractivity contribution in [2.75, 3.05) is 10.0 Å². The minimum absolute atomic E-state index is 0.0690. The van der Waals surface area contributed by atoms with Gasteiger partial charge in [-0.2, -0.15) is 0 Å². The molecule has 0 aromatic heterocycles. The van der Waals surface area contributed by atoms with E-state index < -0.39 is 16.1 Å². The quantitative estimate of drug-likeness (QED) is 0.310. The molecule has 0 heterocycles. The van der Waals surface area contributed by atoms with Gasteiger partial charge in [-0.25, -0.2) is 8.42 Å². The highest BCUT2D eigenvalue weighted by atomic mass is 35.5. The molecule has 34 heavy (non-hydrogen) atoms. The number of fused-ring (bicyclic) bond motifs is 1. The maximum Gasteiger partial charge on any atom is 0.265 e. The maximum atomic E-state index is 12.9. The standard InChI is InChI=1S/C26H23ClN2O4S/c1-2-24(33-25-9-5-7-18-6-3-4-8-23(18)25)26(30)28-20-14-16-22(17-15-20)34(31,32)29-21-12-10-19(27)11-13-21/h3-17,24,29H,2H2,1H3,(H,28,30). The highest BCUT2D eigenvalue weighted by molar-refractivity contribution is 7.92. The third kappa shape index (κ3) is 5.50. The second kappa shape index (κ2) is 10.2. The number of hydrogen-bond donors (Lipinski definition) is 2. The van der Waals surface area contributed by atoms with Crippen LogP contribution in [0.25, 0.3) is 10.8 Å². The SMILES string of the molecule is CCC(Oc1cccc2ccccc12)C(=O)Nc1ccc(S(=O)(=O)Nc2ccc(Cl)cc2)cc1. The van der Waals surface area contributed by atoms with Crippen LogP contribution < -0.4 is 14.8 Å². The molecule has 4 aromatic rings. The van der Waals surface area contributed by atoms with Crippen LogP contribution in [0.2, 0.25) is 5.02 Å². The molecule has 0 aliphatic carbocycles. The molecule has 0 aliphatic heterocycles. The number of ether oxygens (including phenoxy) is 1. The first-order valence-corrected chi connectivity index (χ1v) is 12.6. The van der Waals surface area contributed by atoms with Gasteiger partial charge in [0.2, 0.25) is 0 Å². The van der Waals surface area contributed by atoms with Gasteiger partial charge in [-0.3, -0.25) is 9.52 Å². The van der Waals surface area contributed by atoms with Gasteiger partial charge in [-0.1, -0.05) is 54.9 Å². The summed E-state index contributed by atoms with van der Waals surface area (Å²) >= 11 is 5.84. The van der Waals surface area contributed by atoms with Gasteiger partial charge in [0, 0.05) is 21.8 Å². The van der Waals surface area contributed by atoms with Gasteiger partial charge in [0.15, 0.2) is 6.10 Å². The number of amides is 1. The van der Waals surface area contributed by atoms with E-state index in [0.717, 1.165) is 10.8 Å². The first-order chi connectivity index (χ1) is 16.4. The summed E-state index contributed by atoms with van der Waals surface area (Å²) in [6, 6.07) is 25.8. The van der Waals surface area contributed by atoms with E-state index in [0.29, 0.717) is 28.6 Å². The number of halogens is 1. The summed E-state index contributed by atoms with van der Waals surface area (Å²) < 4.78 is 33.8. The monoisotopic (exact) mass is 494 g/mol. The summed E-state index contributed by atoms with van der Waals surface area (Å²) in [5, 5.41) is 5.27. The average Bonchev–Trinajstić information content (AvgIpc) is 2.84. The Labute approximate surface area is 203 Å². The molecule has 0 fully saturated rings. The number of carbonyl (C=O) groups excluding carboxylic acids is 1. The molecule has 1 amide bonds. The second-order valence-corrected chi connectivity index (χ2v) is 9.74. The summed E-state index contributed by atoms with van der Waals surface area (Å²) in [6.07, 6.45) is -0.243. The van der Waals surface area contributed by atoms with Crippen LogP contribution in [0.5, 0.6) is 5.75 Å². The fourth-order valence-corrected chi connectivity index (χ4v) is 4.63. The smallest absolute Gasteiger partial charge is 0.265 e. The zero-order valence-electron chi connectivity index (χ0n) is 18.4. The molecule has 0 radical (unpaired) electrons. The van der Waals surface area contributed by atoms with Crippen LogP contribution in [-0.2, 0) is 14.8 Å². The van der Waals surface area contributed by atoms with Crippen LogP contribution >= 0.6 is 11.6 Å². The molecule has 0 bridgehead atoms. The summed E-state index contributed by atoms with van der Waals surface area (Å²) in [5.74, 6) is 0.320. The van der Waals surface area contributed by atoms with Crippen molar-refractivity contribution in [2.45, 2.75) is 24.3 Å². The normalized spacial score (nSPS) is 12.2. The molecule has 4 rings (SSSR count). The van der Waals surface area contributed by atoms with E-state index in [-0.39, 0.29) is 10.8 Å². The Morgan fingerprint density at radius 3 is 2.24 bits per heavy atom. The van der Waals surface area contributed by atoms with E-state index in [1.807, 2.05) is 49.4 Å². The molecule has 4 aromatic carbocycles. The molecule has 8 heteroatoms. The summed E-state index contributed by atoms with van der Waals surface area (Å²) in [6.45, 7) is 1.87. The number of rotatable bonds is 8. The Morgan fingerprint density at radius 2 is 1.53 bits per heavy atom. The lowest BCUT2D eigenvalue weighted by atomic mass is 10.1. The van der Waals surface area contributed by atoms with Crippen LogP contribution in [0, 0.1) is 0 Å². The van der Waals surface area contributed by atoms with Crippen molar-refractivity contribution in [2.24, 2.45) is 0 Å². The maximum absolute atomic E-state index is 12.9. The summed E-state index contributed by atoms with van der Waals surface area (Å²) in [4.78, 5) is 12.9. The van der Waals surface area contributed by atoms with Crippen molar-refractivity contribution in [3.05, 3.63) is 96.0 Å². The number of anilines is 2. The Morgan fingerprint density at radius 1 is 0.882 bits per heavy atom. The lowest BCUT2D eigenvalue weighted by Gasteiger charge is -2.18. The zero-order chi connectivity index (χ0) is 24.1. The minimum Gasteiger partial charge on any atom is -0.480 e. The van der Waals surface area contributed by atoms with Crippen LogP contribution in [0.1, 0.15) is 13.3 Å². The first-order valence-electron chi connectivity index (χ1n) is 10.7. The minimum atomic E-state index is -3.78. The zero-order valence-corrected chi connectivity index (χ0v) is 19.9. The number of nitrogens with one attached hydrogen (secondary N) is 2. The number of hydrogen-bond acceptors (Lipinski definition) is 4. The molecule has 1 atom stereocenters. The van der Waals surface area contributed by atoms with Crippen molar-refractivity contribution in [1.82, 2.24) is 0 Å². The molecule has 0 spiro atoms. The molecule has 6 nitrogen and oxygen atoms in total. The van der Waals surface area contributed by atoms with E-state index in [4.69, 9.17) is 16.3 Å². The van der Waals surface area contributed by atoms with E-state index in [9.17, 15) is 13.2 Å². The van der Waals surface area contributed by atoms with E-state index in [1.54, 1.807) is 36.4 Å². The van der Waals surface area contributed by atoms with Crippen LogP contribution in [0.3, 0.4) is 0 Å². The topological polar surface area (TPSA) is 84.5 Å².